The van der Waals surface area contributed by atoms with E-state index < -0.39 is 16.4 Å². The molecule has 9 nitrogen and oxygen atoms in total. The lowest BCUT2D eigenvalue weighted by molar-refractivity contribution is -0.384. The Balaban J connectivity index is 2.05. The van der Waals surface area contributed by atoms with E-state index in [0.717, 1.165) is 0 Å². The maximum absolute atomic E-state index is 12.7. The summed E-state index contributed by atoms with van der Waals surface area (Å²) in [5.74, 6) is 0.143. The van der Waals surface area contributed by atoms with Crippen molar-refractivity contribution in [2.24, 2.45) is 0 Å². The largest absolute Gasteiger partial charge is 0.497 e. The Morgan fingerprint density at radius 3 is 2.38 bits per heavy atom. The number of hydrogen-bond donors (Lipinski definition) is 1. The van der Waals surface area contributed by atoms with Crippen LogP contribution in [0.3, 0.4) is 0 Å². The number of ether oxygens (including phenoxy) is 1. The van der Waals surface area contributed by atoms with E-state index in [0.29, 0.717) is 22.6 Å². The summed E-state index contributed by atoms with van der Waals surface area (Å²) in [6.45, 7) is 0.0603. The third-order valence-electron chi connectivity index (χ3n) is 4.31. The van der Waals surface area contributed by atoms with E-state index in [1.54, 1.807) is 43.5 Å². The number of methoxy groups -OCH3 is 1. The molecule has 3 rings (SSSR count). The lowest BCUT2D eigenvalue weighted by Crippen LogP contribution is -2.33. The molecule has 0 fully saturated rings. The second-order valence-electron chi connectivity index (χ2n) is 6.14. The first kappa shape index (κ1) is 19.7. The second kappa shape index (κ2) is 8.34. The molecule has 3 aromatic rings. The van der Waals surface area contributed by atoms with Crippen molar-refractivity contribution in [2.45, 2.75) is 6.54 Å². The standard InChI is InChI=1S/C20H18N4O5/c1-21-19(25)17-11-18(14-5-9-16(29-2)10-6-14)22-23(20(17)26)12-13-3-7-15(8-4-13)24(27)28/h3-11H,12H2,1-2H3,(H,21,25). The van der Waals surface area contributed by atoms with Crippen LogP contribution < -0.4 is 15.6 Å². The fourth-order valence-corrected chi connectivity index (χ4v) is 2.75. The highest BCUT2D eigenvalue weighted by Gasteiger charge is 2.16. The van der Waals surface area contributed by atoms with Crippen molar-refractivity contribution >= 4 is 11.6 Å². The van der Waals surface area contributed by atoms with Gasteiger partial charge < -0.3 is 10.1 Å². The summed E-state index contributed by atoms with van der Waals surface area (Å²) < 4.78 is 6.32. The van der Waals surface area contributed by atoms with Crippen LogP contribution in [0.25, 0.3) is 11.3 Å². The Kier molecular flexibility index (Phi) is 5.68. The van der Waals surface area contributed by atoms with Crippen molar-refractivity contribution in [3.05, 3.63) is 86.2 Å². The Labute approximate surface area is 165 Å². The molecule has 1 heterocycles. The van der Waals surface area contributed by atoms with Crippen LogP contribution in [0.1, 0.15) is 15.9 Å². The molecule has 0 aliphatic rings. The highest BCUT2D eigenvalue weighted by atomic mass is 16.6. The third kappa shape index (κ3) is 4.29. The summed E-state index contributed by atoms with van der Waals surface area (Å²) >= 11 is 0. The molecule has 0 bridgehead atoms. The molecule has 148 valence electrons. The number of carbonyl (C=O) groups excluding carboxylic acids is 1. The van der Waals surface area contributed by atoms with Crippen molar-refractivity contribution in [1.29, 1.82) is 0 Å². The van der Waals surface area contributed by atoms with Gasteiger partial charge in [0, 0.05) is 24.7 Å². The quantitative estimate of drug-likeness (QED) is 0.506. The number of rotatable bonds is 6. The maximum Gasteiger partial charge on any atom is 0.279 e. The van der Waals surface area contributed by atoms with Gasteiger partial charge in [-0.2, -0.15) is 5.10 Å². The topological polar surface area (TPSA) is 116 Å². The van der Waals surface area contributed by atoms with Gasteiger partial charge in [-0.15, -0.1) is 0 Å². The predicted octanol–water partition coefficient (Wildman–Crippen LogP) is 2.23. The van der Waals surface area contributed by atoms with E-state index in [1.165, 1.54) is 29.9 Å². The fourth-order valence-electron chi connectivity index (χ4n) is 2.75. The third-order valence-corrected chi connectivity index (χ3v) is 4.31. The summed E-state index contributed by atoms with van der Waals surface area (Å²) in [5.41, 5.74) is 1.13. The molecule has 0 saturated carbocycles. The Morgan fingerprint density at radius 2 is 1.83 bits per heavy atom. The first-order valence-electron chi connectivity index (χ1n) is 8.65. The summed E-state index contributed by atoms with van der Waals surface area (Å²) in [6.07, 6.45) is 0. The van der Waals surface area contributed by atoms with Gasteiger partial charge in [0.2, 0.25) is 0 Å². The lowest BCUT2D eigenvalue weighted by atomic mass is 10.1. The van der Waals surface area contributed by atoms with Crippen molar-refractivity contribution < 1.29 is 14.5 Å². The number of hydrogen-bond acceptors (Lipinski definition) is 6. The summed E-state index contributed by atoms with van der Waals surface area (Å²) in [5, 5.41) is 17.6. The molecule has 0 aliphatic carbocycles. The molecule has 29 heavy (non-hydrogen) atoms. The number of aromatic nitrogens is 2. The van der Waals surface area contributed by atoms with Gasteiger partial charge >= 0.3 is 0 Å². The van der Waals surface area contributed by atoms with Gasteiger partial charge in [-0.05, 0) is 35.9 Å². The molecule has 0 atom stereocenters. The highest BCUT2D eigenvalue weighted by molar-refractivity contribution is 5.94. The number of non-ortho nitro benzene ring substituents is 1. The first-order chi connectivity index (χ1) is 13.9. The van der Waals surface area contributed by atoms with Gasteiger partial charge in [0.05, 0.1) is 24.3 Å². The van der Waals surface area contributed by atoms with E-state index in [1.807, 2.05) is 0 Å². The number of nitrogens with zero attached hydrogens (tertiary/aromatic N) is 3. The maximum atomic E-state index is 12.7. The van der Waals surface area contributed by atoms with E-state index in [4.69, 9.17) is 4.74 Å². The van der Waals surface area contributed by atoms with Crippen molar-refractivity contribution in [2.75, 3.05) is 14.2 Å². The fraction of sp³-hybridized carbons (Fsp3) is 0.150. The van der Waals surface area contributed by atoms with Crippen LogP contribution in [-0.4, -0.2) is 34.8 Å². The smallest absolute Gasteiger partial charge is 0.279 e. The average molecular weight is 394 g/mol. The zero-order chi connectivity index (χ0) is 21.0. The van der Waals surface area contributed by atoms with Crippen LogP contribution in [0.2, 0.25) is 0 Å². The summed E-state index contributed by atoms with van der Waals surface area (Å²) in [7, 11) is 3.00. The van der Waals surface area contributed by atoms with E-state index in [9.17, 15) is 19.7 Å². The zero-order valence-corrected chi connectivity index (χ0v) is 15.8. The average Bonchev–Trinajstić information content (AvgIpc) is 2.75. The highest BCUT2D eigenvalue weighted by Crippen LogP contribution is 2.21. The Morgan fingerprint density at radius 1 is 1.17 bits per heavy atom. The molecule has 0 spiro atoms. The zero-order valence-electron chi connectivity index (χ0n) is 15.8. The van der Waals surface area contributed by atoms with Gasteiger partial charge in [0.1, 0.15) is 11.3 Å². The van der Waals surface area contributed by atoms with Gasteiger partial charge in [0.15, 0.2) is 0 Å². The summed E-state index contributed by atoms with van der Waals surface area (Å²) in [6, 6.07) is 14.3. The number of nitrogens with one attached hydrogen (secondary N) is 1. The summed E-state index contributed by atoms with van der Waals surface area (Å²) in [4.78, 5) is 35.3. The number of nitro benzene ring substituents is 1. The van der Waals surface area contributed by atoms with Crippen molar-refractivity contribution in [3.8, 4) is 17.0 Å². The monoisotopic (exact) mass is 394 g/mol. The van der Waals surface area contributed by atoms with Crippen LogP contribution in [0.5, 0.6) is 5.75 Å². The predicted molar refractivity (Wildman–Crippen MR) is 106 cm³/mol. The van der Waals surface area contributed by atoms with Crippen molar-refractivity contribution in [3.63, 3.8) is 0 Å². The molecule has 2 aromatic carbocycles. The van der Waals surface area contributed by atoms with Crippen LogP contribution >= 0.6 is 0 Å². The van der Waals surface area contributed by atoms with Gasteiger partial charge in [-0.3, -0.25) is 19.7 Å². The Bertz CT molecular complexity index is 1110. The molecule has 0 unspecified atom stereocenters. The second-order valence-corrected chi connectivity index (χ2v) is 6.14. The number of nitro groups is 1. The molecule has 1 aromatic heterocycles. The minimum Gasteiger partial charge on any atom is -0.497 e. The molecular weight excluding hydrogens is 376 g/mol. The van der Waals surface area contributed by atoms with Gasteiger partial charge in [0.25, 0.3) is 17.2 Å². The molecule has 9 heteroatoms. The van der Waals surface area contributed by atoms with E-state index in [-0.39, 0.29) is 17.8 Å². The first-order valence-corrected chi connectivity index (χ1v) is 8.65. The molecule has 0 aliphatic heterocycles. The Hall–Kier alpha value is -4.01. The van der Waals surface area contributed by atoms with Crippen LogP contribution in [0, 0.1) is 10.1 Å². The van der Waals surface area contributed by atoms with E-state index >= 15 is 0 Å². The number of carbonyl (C=O) groups is 1. The van der Waals surface area contributed by atoms with E-state index in [2.05, 4.69) is 10.4 Å². The number of benzene rings is 2. The molecule has 1 N–H and O–H groups in total. The molecule has 1 amide bonds. The minimum absolute atomic E-state index is 0.0461. The van der Waals surface area contributed by atoms with Gasteiger partial charge in [-0.25, -0.2) is 4.68 Å². The van der Waals surface area contributed by atoms with Crippen LogP contribution in [-0.2, 0) is 6.54 Å². The SMILES string of the molecule is CNC(=O)c1cc(-c2ccc(OC)cc2)nn(Cc2ccc([N+](=O)[O-])cc2)c1=O. The number of amides is 1. The van der Waals surface area contributed by atoms with Crippen LogP contribution in [0.15, 0.2) is 59.4 Å². The van der Waals surface area contributed by atoms with Crippen LogP contribution in [0.4, 0.5) is 5.69 Å². The minimum atomic E-state index is -0.556. The normalized spacial score (nSPS) is 10.4. The lowest BCUT2D eigenvalue weighted by Gasteiger charge is -2.11. The molecular formula is C20H18N4O5. The molecule has 0 saturated heterocycles. The van der Waals surface area contributed by atoms with Crippen molar-refractivity contribution in [1.82, 2.24) is 15.1 Å². The van der Waals surface area contributed by atoms with Gasteiger partial charge in [-0.1, -0.05) is 12.1 Å². The molecule has 0 radical (unpaired) electrons.